The van der Waals surface area contributed by atoms with Crippen LogP contribution in [0.25, 0.3) is 0 Å². The van der Waals surface area contributed by atoms with Gasteiger partial charge in [0.05, 0.1) is 13.0 Å². The first-order valence-corrected chi connectivity index (χ1v) is 8.24. The number of rotatable bonds is 4. The number of methoxy groups -OCH3 is 1. The average molecular weight is 317 g/mol. The summed E-state index contributed by atoms with van der Waals surface area (Å²) >= 11 is 0. The molecule has 6 nitrogen and oxygen atoms in total. The van der Waals surface area contributed by atoms with Gasteiger partial charge in [0.15, 0.2) is 0 Å². The molecule has 3 fully saturated rings. The fraction of sp³-hybridized carbons (Fsp3) is 0.588. The smallest absolute Gasteiger partial charge is 0.259 e. The van der Waals surface area contributed by atoms with Crippen molar-refractivity contribution in [2.75, 3.05) is 26.7 Å². The van der Waals surface area contributed by atoms with Gasteiger partial charge in [-0.05, 0) is 31.4 Å². The van der Waals surface area contributed by atoms with Crippen LogP contribution >= 0.6 is 0 Å². The first kappa shape index (κ1) is 15.8. The van der Waals surface area contributed by atoms with Crippen molar-refractivity contribution in [2.45, 2.75) is 32.2 Å². The number of nitrogens with zero attached hydrogens (tertiary/aromatic N) is 3. The summed E-state index contributed by atoms with van der Waals surface area (Å²) in [6.45, 7) is 3.94. The molecule has 0 unspecified atom stereocenters. The zero-order chi connectivity index (χ0) is 16.4. The van der Waals surface area contributed by atoms with Crippen LogP contribution in [-0.2, 0) is 4.79 Å². The van der Waals surface area contributed by atoms with Crippen LogP contribution in [0.5, 0.6) is 5.88 Å². The van der Waals surface area contributed by atoms with E-state index >= 15 is 0 Å². The number of aromatic nitrogens is 1. The summed E-state index contributed by atoms with van der Waals surface area (Å²) in [5.41, 5.74) is 0.464. The first-order chi connectivity index (χ1) is 11.2. The predicted molar refractivity (Wildman–Crippen MR) is 85.2 cm³/mol. The molecule has 0 spiro atoms. The van der Waals surface area contributed by atoms with Crippen molar-refractivity contribution in [3.63, 3.8) is 0 Å². The maximum absolute atomic E-state index is 12.9. The zero-order valence-electron chi connectivity index (χ0n) is 13.7. The minimum absolute atomic E-state index is 0.0769. The van der Waals surface area contributed by atoms with E-state index in [0.717, 1.165) is 25.8 Å². The van der Waals surface area contributed by atoms with Gasteiger partial charge < -0.3 is 14.5 Å². The standard InChI is InChI=1S/C17H23N3O3/c1-3-9-20-13-7-6-12(16(20)21)10-19(11-13)17(22)14-5-4-8-18-15(14)23-2/h4-5,8,12-13H,3,6-7,9-11H2,1-2H3/t12-,13+/m0/s1. The fourth-order valence-corrected chi connectivity index (χ4v) is 3.63. The van der Waals surface area contributed by atoms with E-state index < -0.39 is 0 Å². The van der Waals surface area contributed by atoms with E-state index in [-0.39, 0.29) is 23.8 Å². The number of ether oxygens (including phenoxy) is 1. The van der Waals surface area contributed by atoms with E-state index in [1.54, 1.807) is 23.2 Å². The quantitative estimate of drug-likeness (QED) is 0.845. The number of hydrogen-bond acceptors (Lipinski definition) is 4. The molecule has 0 radical (unpaired) electrons. The average Bonchev–Trinajstić information content (AvgIpc) is 2.87. The van der Waals surface area contributed by atoms with Crippen LogP contribution in [0, 0.1) is 5.92 Å². The van der Waals surface area contributed by atoms with E-state index in [1.165, 1.54) is 7.11 Å². The van der Waals surface area contributed by atoms with Gasteiger partial charge in [0.25, 0.3) is 5.91 Å². The Morgan fingerprint density at radius 1 is 1.39 bits per heavy atom. The van der Waals surface area contributed by atoms with Gasteiger partial charge in [-0.3, -0.25) is 9.59 Å². The summed E-state index contributed by atoms with van der Waals surface area (Å²) in [7, 11) is 1.51. The molecule has 3 aliphatic heterocycles. The van der Waals surface area contributed by atoms with E-state index in [4.69, 9.17) is 4.74 Å². The number of hydrogen-bond donors (Lipinski definition) is 0. The third-order valence-electron chi connectivity index (χ3n) is 4.74. The van der Waals surface area contributed by atoms with Crippen LogP contribution in [0.3, 0.4) is 0 Å². The summed E-state index contributed by atoms with van der Waals surface area (Å²) in [6.07, 6.45) is 4.40. The maximum atomic E-state index is 12.9. The van der Waals surface area contributed by atoms with Crippen molar-refractivity contribution < 1.29 is 14.3 Å². The summed E-state index contributed by atoms with van der Waals surface area (Å²) < 4.78 is 5.20. The molecule has 124 valence electrons. The molecule has 4 heterocycles. The molecule has 1 aromatic rings. The van der Waals surface area contributed by atoms with Gasteiger partial charge in [0.2, 0.25) is 11.8 Å². The normalized spacial score (nSPS) is 23.8. The highest BCUT2D eigenvalue weighted by molar-refractivity contribution is 5.97. The lowest BCUT2D eigenvalue weighted by Crippen LogP contribution is -2.48. The van der Waals surface area contributed by atoms with Crippen molar-refractivity contribution in [3.05, 3.63) is 23.9 Å². The Bertz CT molecular complexity index is 605. The van der Waals surface area contributed by atoms with Gasteiger partial charge in [0.1, 0.15) is 5.56 Å². The lowest BCUT2D eigenvalue weighted by molar-refractivity contribution is -0.139. The second-order valence-corrected chi connectivity index (χ2v) is 6.23. The highest BCUT2D eigenvalue weighted by atomic mass is 16.5. The molecule has 3 saturated heterocycles. The third kappa shape index (κ3) is 2.90. The molecule has 6 heteroatoms. The van der Waals surface area contributed by atoms with Crippen LogP contribution in [0.1, 0.15) is 36.5 Å². The summed E-state index contributed by atoms with van der Waals surface area (Å²) in [5, 5.41) is 0. The molecule has 4 rings (SSSR count). The summed E-state index contributed by atoms with van der Waals surface area (Å²) in [4.78, 5) is 33.4. The van der Waals surface area contributed by atoms with Crippen molar-refractivity contribution in [1.29, 1.82) is 0 Å². The van der Waals surface area contributed by atoms with Crippen LogP contribution in [0.4, 0.5) is 0 Å². The molecule has 2 atom stereocenters. The van der Waals surface area contributed by atoms with Gasteiger partial charge in [-0.15, -0.1) is 0 Å². The second kappa shape index (κ2) is 6.56. The number of pyridine rings is 1. The lowest BCUT2D eigenvalue weighted by atomic mass is 9.94. The Kier molecular flexibility index (Phi) is 4.50. The molecule has 0 N–H and O–H groups in total. The Labute approximate surface area is 136 Å². The highest BCUT2D eigenvalue weighted by Crippen LogP contribution is 2.30. The zero-order valence-corrected chi connectivity index (χ0v) is 13.7. The van der Waals surface area contributed by atoms with Gasteiger partial charge in [-0.1, -0.05) is 6.92 Å². The van der Waals surface area contributed by atoms with Crippen LogP contribution in [-0.4, -0.2) is 59.4 Å². The molecule has 0 aromatic carbocycles. The van der Waals surface area contributed by atoms with E-state index in [2.05, 4.69) is 11.9 Å². The number of fused-ring (bicyclic) bond motifs is 4. The molecular weight excluding hydrogens is 294 g/mol. The van der Waals surface area contributed by atoms with Gasteiger partial charge in [-0.2, -0.15) is 0 Å². The van der Waals surface area contributed by atoms with Crippen LogP contribution in [0.2, 0.25) is 0 Å². The monoisotopic (exact) mass is 317 g/mol. The van der Waals surface area contributed by atoms with Crippen molar-refractivity contribution in [3.8, 4) is 5.88 Å². The molecule has 0 aliphatic carbocycles. The lowest BCUT2D eigenvalue weighted by Gasteiger charge is -2.35. The minimum Gasteiger partial charge on any atom is -0.480 e. The predicted octanol–water partition coefficient (Wildman–Crippen LogP) is 1.56. The highest BCUT2D eigenvalue weighted by Gasteiger charge is 2.41. The Hall–Kier alpha value is -2.11. The van der Waals surface area contributed by atoms with E-state index in [9.17, 15) is 9.59 Å². The summed E-state index contributed by atoms with van der Waals surface area (Å²) in [6, 6.07) is 3.59. The van der Waals surface area contributed by atoms with Gasteiger partial charge in [0, 0.05) is 31.9 Å². The molecule has 0 saturated carbocycles. The first-order valence-electron chi connectivity index (χ1n) is 8.24. The third-order valence-corrected chi connectivity index (χ3v) is 4.74. The van der Waals surface area contributed by atoms with E-state index in [1.807, 2.05) is 4.90 Å². The molecule has 2 amide bonds. The minimum atomic E-state index is -0.0991. The largest absolute Gasteiger partial charge is 0.480 e. The molecule has 3 aliphatic rings. The maximum Gasteiger partial charge on any atom is 0.259 e. The Morgan fingerprint density at radius 2 is 2.22 bits per heavy atom. The van der Waals surface area contributed by atoms with E-state index in [0.29, 0.717) is 24.5 Å². The number of carbonyl (C=O) groups is 2. The molecule has 1 aromatic heterocycles. The van der Waals surface area contributed by atoms with Crippen molar-refractivity contribution >= 4 is 11.8 Å². The fourth-order valence-electron chi connectivity index (χ4n) is 3.63. The molecule has 2 bridgehead atoms. The van der Waals surface area contributed by atoms with Crippen molar-refractivity contribution in [2.24, 2.45) is 5.92 Å². The molecule has 23 heavy (non-hydrogen) atoms. The SMILES string of the molecule is CCCN1C(=O)[C@H]2CC[C@@H]1CN(C(=O)c1cccnc1OC)C2. The van der Waals surface area contributed by atoms with Crippen molar-refractivity contribution in [1.82, 2.24) is 14.8 Å². The Balaban J connectivity index is 1.84. The topological polar surface area (TPSA) is 62.7 Å². The Morgan fingerprint density at radius 3 is 2.96 bits per heavy atom. The number of carbonyl (C=O) groups excluding carboxylic acids is 2. The second-order valence-electron chi connectivity index (χ2n) is 6.23. The van der Waals surface area contributed by atoms with Crippen LogP contribution in [0.15, 0.2) is 18.3 Å². The number of piperidine rings is 1. The number of amides is 2. The van der Waals surface area contributed by atoms with Gasteiger partial charge in [-0.25, -0.2) is 4.98 Å². The van der Waals surface area contributed by atoms with Crippen LogP contribution < -0.4 is 4.74 Å². The summed E-state index contributed by atoms with van der Waals surface area (Å²) in [5.74, 6) is 0.368. The van der Waals surface area contributed by atoms with Gasteiger partial charge >= 0.3 is 0 Å². The molecular formula is C17H23N3O3.